The first kappa shape index (κ1) is 23.5. The summed E-state index contributed by atoms with van der Waals surface area (Å²) in [6, 6.07) is 20.9. The van der Waals surface area contributed by atoms with Gasteiger partial charge in [-0.05, 0) is 60.4 Å². The van der Waals surface area contributed by atoms with E-state index in [-0.39, 0.29) is 11.2 Å². The standard InChI is InChI=1S/C30H27NO5/c1-3-5-18-35-30(34)21-14-16-22(17-15-21)31-26(20-12-10-19(4-2)11-13-20)25-27(32)23-8-6-7-9-24(23)36-28(25)29(31)33/h6-17,26H,3-5,18H2,1-2H3. The molecule has 5 rings (SSSR count). The van der Waals surface area contributed by atoms with Crippen molar-refractivity contribution in [3.8, 4) is 0 Å². The number of carbonyl (C=O) groups is 2. The van der Waals surface area contributed by atoms with Gasteiger partial charge in [0.1, 0.15) is 5.58 Å². The molecule has 0 radical (unpaired) electrons. The molecule has 0 spiro atoms. The lowest BCUT2D eigenvalue weighted by Gasteiger charge is -2.25. The highest BCUT2D eigenvalue weighted by Crippen LogP contribution is 2.41. The van der Waals surface area contributed by atoms with Crippen LogP contribution in [0.4, 0.5) is 5.69 Å². The molecule has 6 nitrogen and oxygen atoms in total. The van der Waals surface area contributed by atoms with Crippen molar-refractivity contribution in [1.29, 1.82) is 0 Å². The third-order valence-corrected chi connectivity index (χ3v) is 6.59. The van der Waals surface area contributed by atoms with Crippen molar-refractivity contribution in [2.75, 3.05) is 11.5 Å². The van der Waals surface area contributed by atoms with Crippen LogP contribution in [0.2, 0.25) is 0 Å². The Morgan fingerprint density at radius 1 is 0.944 bits per heavy atom. The number of unbranched alkanes of at least 4 members (excludes halogenated alkanes) is 1. The van der Waals surface area contributed by atoms with Crippen molar-refractivity contribution in [3.05, 3.63) is 111 Å². The maximum absolute atomic E-state index is 13.7. The van der Waals surface area contributed by atoms with E-state index in [2.05, 4.69) is 6.92 Å². The Kier molecular flexibility index (Phi) is 6.42. The predicted molar refractivity (Wildman–Crippen MR) is 139 cm³/mol. The van der Waals surface area contributed by atoms with Crippen molar-refractivity contribution in [3.63, 3.8) is 0 Å². The van der Waals surface area contributed by atoms with Crippen LogP contribution < -0.4 is 10.3 Å². The summed E-state index contributed by atoms with van der Waals surface area (Å²) in [4.78, 5) is 41.2. The number of hydrogen-bond donors (Lipinski definition) is 0. The molecular formula is C30H27NO5. The average molecular weight is 482 g/mol. The van der Waals surface area contributed by atoms with Gasteiger partial charge in [-0.2, -0.15) is 0 Å². The molecule has 1 unspecified atom stereocenters. The van der Waals surface area contributed by atoms with Crippen LogP contribution in [-0.2, 0) is 11.2 Å². The second kappa shape index (κ2) is 9.82. The number of hydrogen-bond acceptors (Lipinski definition) is 5. The quantitative estimate of drug-likeness (QED) is 0.237. The molecule has 36 heavy (non-hydrogen) atoms. The molecule has 0 aliphatic carbocycles. The third-order valence-electron chi connectivity index (χ3n) is 6.59. The van der Waals surface area contributed by atoms with E-state index in [1.807, 2.05) is 31.2 Å². The zero-order chi connectivity index (χ0) is 25.2. The highest BCUT2D eigenvalue weighted by Gasteiger charge is 2.43. The topological polar surface area (TPSA) is 76.8 Å². The number of rotatable bonds is 7. The number of anilines is 1. The summed E-state index contributed by atoms with van der Waals surface area (Å²) in [5.74, 6) is -0.747. The molecule has 0 bridgehead atoms. The smallest absolute Gasteiger partial charge is 0.338 e. The molecule has 182 valence electrons. The van der Waals surface area contributed by atoms with E-state index in [1.54, 1.807) is 53.4 Å². The van der Waals surface area contributed by atoms with Crippen molar-refractivity contribution in [2.45, 2.75) is 39.2 Å². The molecule has 0 saturated heterocycles. The fourth-order valence-corrected chi connectivity index (χ4v) is 4.59. The first-order chi connectivity index (χ1) is 17.5. The summed E-state index contributed by atoms with van der Waals surface area (Å²) < 4.78 is 11.3. The molecule has 1 aromatic heterocycles. The monoisotopic (exact) mass is 481 g/mol. The van der Waals surface area contributed by atoms with Gasteiger partial charge in [0.15, 0.2) is 5.43 Å². The number of para-hydroxylation sites is 1. The Bertz CT molecular complexity index is 1490. The van der Waals surface area contributed by atoms with Crippen LogP contribution >= 0.6 is 0 Å². The first-order valence-corrected chi connectivity index (χ1v) is 12.3. The SMILES string of the molecule is CCCCOC(=O)c1ccc(N2C(=O)c3oc4ccccc4c(=O)c3C2c2ccc(CC)cc2)cc1. The highest BCUT2D eigenvalue weighted by molar-refractivity contribution is 6.10. The molecule has 0 saturated carbocycles. The van der Waals surface area contributed by atoms with Crippen LogP contribution in [0.5, 0.6) is 0 Å². The van der Waals surface area contributed by atoms with Crippen LogP contribution in [0.25, 0.3) is 11.0 Å². The summed E-state index contributed by atoms with van der Waals surface area (Å²) in [7, 11) is 0. The number of ether oxygens (including phenoxy) is 1. The minimum atomic E-state index is -0.651. The van der Waals surface area contributed by atoms with Crippen LogP contribution in [0, 0.1) is 0 Å². The lowest BCUT2D eigenvalue weighted by atomic mass is 9.97. The Labute approximate surface area is 209 Å². The molecule has 1 atom stereocenters. The van der Waals surface area contributed by atoms with Gasteiger partial charge in [-0.25, -0.2) is 4.79 Å². The summed E-state index contributed by atoms with van der Waals surface area (Å²) in [5.41, 5.74) is 3.42. The Balaban J connectivity index is 1.60. The summed E-state index contributed by atoms with van der Waals surface area (Å²) >= 11 is 0. The molecule has 3 aromatic carbocycles. The van der Waals surface area contributed by atoms with Gasteiger partial charge in [0, 0.05) is 5.69 Å². The van der Waals surface area contributed by atoms with E-state index in [9.17, 15) is 14.4 Å². The second-order valence-corrected chi connectivity index (χ2v) is 8.88. The zero-order valence-corrected chi connectivity index (χ0v) is 20.3. The number of nitrogens with zero attached hydrogens (tertiary/aromatic N) is 1. The number of aryl methyl sites for hydroxylation is 1. The fraction of sp³-hybridized carbons (Fsp3) is 0.233. The van der Waals surface area contributed by atoms with Crippen LogP contribution in [0.3, 0.4) is 0 Å². The van der Waals surface area contributed by atoms with Gasteiger partial charge in [0.05, 0.1) is 29.2 Å². The lowest BCUT2D eigenvalue weighted by molar-refractivity contribution is 0.0499. The maximum Gasteiger partial charge on any atom is 0.338 e. The molecule has 1 aliphatic heterocycles. The fourth-order valence-electron chi connectivity index (χ4n) is 4.59. The highest BCUT2D eigenvalue weighted by atomic mass is 16.5. The van der Waals surface area contributed by atoms with Gasteiger partial charge in [-0.3, -0.25) is 14.5 Å². The van der Waals surface area contributed by atoms with Crippen molar-refractivity contribution < 1.29 is 18.7 Å². The minimum Gasteiger partial charge on any atom is -0.462 e. The van der Waals surface area contributed by atoms with Crippen LogP contribution in [-0.4, -0.2) is 18.5 Å². The largest absolute Gasteiger partial charge is 0.462 e. The Hall–Kier alpha value is -4.19. The van der Waals surface area contributed by atoms with Gasteiger partial charge < -0.3 is 9.15 Å². The van der Waals surface area contributed by atoms with E-state index in [0.29, 0.717) is 34.4 Å². The van der Waals surface area contributed by atoms with E-state index in [1.165, 1.54) is 0 Å². The van der Waals surface area contributed by atoms with Crippen LogP contribution in [0.15, 0.2) is 82.0 Å². The first-order valence-electron chi connectivity index (χ1n) is 12.3. The van der Waals surface area contributed by atoms with Gasteiger partial charge in [0.2, 0.25) is 5.76 Å². The predicted octanol–water partition coefficient (Wildman–Crippen LogP) is 6.06. The normalized spacial score (nSPS) is 14.8. The van der Waals surface area contributed by atoms with Crippen molar-refractivity contribution in [1.82, 2.24) is 0 Å². The van der Waals surface area contributed by atoms with E-state index < -0.39 is 17.9 Å². The molecule has 0 fully saturated rings. The molecular weight excluding hydrogens is 454 g/mol. The van der Waals surface area contributed by atoms with E-state index in [4.69, 9.17) is 9.15 Å². The number of amides is 1. The minimum absolute atomic E-state index is 0.0475. The maximum atomic E-state index is 13.7. The summed E-state index contributed by atoms with van der Waals surface area (Å²) in [6.45, 7) is 4.47. The van der Waals surface area contributed by atoms with Crippen molar-refractivity contribution in [2.24, 2.45) is 0 Å². The number of fused-ring (bicyclic) bond motifs is 2. The number of carbonyl (C=O) groups excluding carboxylic acids is 2. The number of esters is 1. The van der Waals surface area contributed by atoms with Gasteiger partial charge in [0.25, 0.3) is 5.91 Å². The lowest BCUT2D eigenvalue weighted by Crippen LogP contribution is -2.29. The average Bonchev–Trinajstić information content (AvgIpc) is 3.21. The van der Waals surface area contributed by atoms with E-state index >= 15 is 0 Å². The van der Waals surface area contributed by atoms with Crippen LogP contribution in [0.1, 0.15) is 70.3 Å². The van der Waals surface area contributed by atoms with Crippen molar-refractivity contribution >= 4 is 28.5 Å². The molecule has 1 aliphatic rings. The Morgan fingerprint density at radius 3 is 2.36 bits per heavy atom. The summed E-state index contributed by atoms with van der Waals surface area (Å²) in [5, 5.41) is 0.436. The third kappa shape index (κ3) is 4.09. The second-order valence-electron chi connectivity index (χ2n) is 8.88. The number of benzene rings is 3. The Morgan fingerprint density at radius 2 is 1.67 bits per heavy atom. The van der Waals surface area contributed by atoms with E-state index in [0.717, 1.165) is 30.4 Å². The molecule has 2 heterocycles. The molecule has 1 amide bonds. The molecule has 4 aromatic rings. The zero-order valence-electron chi connectivity index (χ0n) is 20.3. The van der Waals surface area contributed by atoms with Gasteiger partial charge >= 0.3 is 5.97 Å². The van der Waals surface area contributed by atoms with Gasteiger partial charge in [-0.1, -0.05) is 56.7 Å². The van der Waals surface area contributed by atoms with Gasteiger partial charge in [-0.15, -0.1) is 0 Å². The summed E-state index contributed by atoms with van der Waals surface area (Å²) in [6.07, 6.45) is 2.62. The molecule has 0 N–H and O–H groups in total. The molecule has 6 heteroatoms.